The van der Waals surface area contributed by atoms with E-state index in [4.69, 9.17) is 26.2 Å². The fraction of sp³-hybridized carbons (Fsp3) is 0.227. The van der Waals surface area contributed by atoms with Crippen LogP contribution in [0.3, 0.4) is 0 Å². The molecule has 0 unspecified atom stereocenters. The third kappa shape index (κ3) is 4.55. The monoisotopic (exact) mass is 389 g/mol. The molecule has 2 aromatic carbocycles. The number of nitrogen functional groups attached to an aromatic ring is 2. The Bertz CT molecular complexity index is 1020. The van der Waals surface area contributed by atoms with Crippen LogP contribution in [0.1, 0.15) is 30.5 Å². The maximum Gasteiger partial charge on any atom is 0.221 e. The van der Waals surface area contributed by atoms with Gasteiger partial charge in [0.15, 0.2) is 0 Å². The number of rotatable bonds is 7. The molecule has 1 aromatic heterocycles. The van der Waals surface area contributed by atoms with Gasteiger partial charge in [0, 0.05) is 18.2 Å². The molecule has 0 amide bonds. The topological polar surface area (TPSA) is 120 Å². The van der Waals surface area contributed by atoms with Gasteiger partial charge in [-0.3, -0.25) is 0 Å². The van der Waals surface area contributed by atoms with Crippen molar-refractivity contribution >= 4 is 11.8 Å². The van der Waals surface area contributed by atoms with Gasteiger partial charge in [-0.05, 0) is 49.2 Å². The van der Waals surface area contributed by atoms with Gasteiger partial charge in [0.1, 0.15) is 17.3 Å². The first-order valence-corrected chi connectivity index (χ1v) is 9.35. The van der Waals surface area contributed by atoms with Gasteiger partial charge in [0.05, 0.1) is 30.4 Å². The summed E-state index contributed by atoms with van der Waals surface area (Å²) in [5.74, 6) is 1.90. The van der Waals surface area contributed by atoms with Crippen molar-refractivity contribution in [2.75, 3.05) is 24.7 Å². The van der Waals surface area contributed by atoms with Gasteiger partial charge in [-0.2, -0.15) is 10.2 Å². The zero-order chi connectivity index (χ0) is 20.8. The highest BCUT2D eigenvalue weighted by Gasteiger charge is 2.17. The summed E-state index contributed by atoms with van der Waals surface area (Å²) in [5, 5.41) is 9.07. The van der Waals surface area contributed by atoms with Crippen molar-refractivity contribution < 1.29 is 9.47 Å². The Kier molecular flexibility index (Phi) is 6.15. The number of hydrogen-bond donors (Lipinski definition) is 2. The molecule has 0 fully saturated rings. The second-order valence-electron chi connectivity index (χ2n) is 6.34. The van der Waals surface area contributed by atoms with E-state index in [2.05, 4.69) is 16.0 Å². The number of benzene rings is 2. The van der Waals surface area contributed by atoms with Crippen LogP contribution >= 0.6 is 0 Å². The van der Waals surface area contributed by atoms with E-state index in [1.807, 2.05) is 38.1 Å². The Hall–Kier alpha value is -3.79. The molecular formula is C22H23N5O2. The zero-order valence-corrected chi connectivity index (χ0v) is 16.5. The quantitative estimate of drug-likeness (QED) is 0.634. The maximum atomic E-state index is 9.07. The molecule has 0 aliphatic rings. The van der Waals surface area contributed by atoms with Gasteiger partial charge >= 0.3 is 0 Å². The first kappa shape index (κ1) is 20.0. The third-order valence-electron chi connectivity index (χ3n) is 4.34. The minimum atomic E-state index is 0.146. The fourth-order valence-electron chi connectivity index (χ4n) is 3.07. The Morgan fingerprint density at radius 2 is 1.62 bits per heavy atom. The Morgan fingerprint density at radius 3 is 2.14 bits per heavy atom. The van der Waals surface area contributed by atoms with Crippen LogP contribution in [0.2, 0.25) is 0 Å². The molecule has 4 N–H and O–H groups in total. The molecule has 0 aliphatic heterocycles. The van der Waals surface area contributed by atoms with Gasteiger partial charge in [0.2, 0.25) is 5.95 Å². The van der Waals surface area contributed by atoms with Crippen LogP contribution in [-0.2, 0) is 6.42 Å². The van der Waals surface area contributed by atoms with Crippen LogP contribution in [0.4, 0.5) is 11.8 Å². The van der Waals surface area contributed by atoms with E-state index in [1.54, 1.807) is 18.3 Å². The lowest BCUT2D eigenvalue weighted by molar-refractivity contribution is 0.325. The van der Waals surface area contributed by atoms with Gasteiger partial charge in [0.25, 0.3) is 0 Å². The lowest BCUT2D eigenvalue weighted by atomic mass is 9.97. The van der Waals surface area contributed by atoms with Crippen molar-refractivity contribution in [3.8, 4) is 28.7 Å². The number of anilines is 2. The Labute approximate surface area is 169 Å². The summed E-state index contributed by atoms with van der Waals surface area (Å²) in [6.07, 6.45) is 2.15. The predicted molar refractivity (Wildman–Crippen MR) is 113 cm³/mol. The van der Waals surface area contributed by atoms with Gasteiger partial charge in [-0.25, -0.2) is 4.98 Å². The SMILES string of the molecule is CCOc1cc(Cc2cnc(N)nc2N)cc(OCC)c1-c1ccc(C#N)cc1. The standard InChI is InChI=1S/C22H23N5O2/c1-3-28-18-10-15(9-17-13-26-22(25)27-21(17)24)11-19(29-4-2)20(18)16-7-5-14(12-23)6-8-16/h5-8,10-11,13H,3-4,9H2,1-2H3,(H4,24,25,26,27). The molecule has 148 valence electrons. The molecule has 29 heavy (non-hydrogen) atoms. The minimum absolute atomic E-state index is 0.146. The number of aromatic nitrogens is 2. The highest BCUT2D eigenvalue weighted by Crippen LogP contribution is 2.40. The number of nitrogens with two attached hydrogens (primary N) is 2. The molecule has 0 radical (unpaired) electrons. The number of nitriles is 1. The summed E-state index contributed by atoms with van der Waals surface area (Å²) in [5.41, 5.74) is 15.7. The van der Waals surface area contributed by atoms with Gasteiger partial charge in [-0.1, -0.05) is 12.1 Å². The van der Waals surface area contributed by atoms with Crippen LogP contribution in [0.5, 0.6) is 11.5 Å². The van der Waals surface area contributed by atoms with E-state index >= 15 is 0 Å². The molecule has 3 aromatic rings. The van der Waals surface area contributed by atoms with Crippen molar-refractivity contribution in [3.63, 3.8) is 0 Å². The molecule has 0 saturated heterocycles. The van der Waals surface area contributed by atoms with Crippen LogP contribution in [-0.4, -0.2) is 23.2 Å². The highest BCUT2D eigenvalue weighted by atomic mass is 16.5. The summed E-state index contributed by atoms with van der Waals surface area (Å²) in [7, 11) is 0. The van der Waals surface area contributed by atoms with E-state index < -0.39 is 0 Å². The molecule has 0 bridgehead atoms. The van der Waals surface area contributed by atoms with Crippen molar-refractivity contribution in [1.82, 2.24) is 9.97 Å². The van der Waals surface area contributed by atoms with Gasteiger partial charge < -0.3 is 20.9 Å². The minimum Gasteiger partial charge on any atom is -0.493 e. The van der Waals surface area contributed by atoms with Crippen molar-refractivity contribution in [3.05, 3.63) is 59.3 Å². The van der Waals surface area contributed by atoms with E-state index in [1.165, 1.54) is 0 Å². The lowest BCUT2D eigenvalue weighted by Crippen LogP contribution is -2.05. The molecule has 3 rings (SSSR count). The predicted octanol–water partition coefficient (Wildman–Crippen LogP) is 3.57. The molecule has 7 nitrogen and oxygen atoms in total. The molecular weight excluding hydrogens is 366 g/mol. The van der Waals surface area contributed by atoms with Crippen LogP contribution in [0.25, 0.3) is 11.1 Å². The maximum absolute atomic E-state index is 9.07. The molecule has 0 spiro atoms. The fourth-order valence-corrected chi connectivity index (χ4v) is 3.07. The smallest absolute Gasteiger partial charge is 0.221 e. The number of hydrogen-bond acceptors (Lipinski definition) is 7. The molecule has 7 heteroatoms. The summed E-state index contributed by atoms with van der Waals surface area (Å²) < 4.78 is 11.9. The molecule has 1 heterocycles. The lowest BCUT2D eigenvalue weighted by Gasteiger charge is -2.18. The Morgan fingerprint density at radius 1 is 1.00 bits per heavy atom. The summed E-state index contributed by atoms with van der Waals surface area (Å²) in [6.45, 7) is 4.87. The number of nitrogens with zero attached hydrogens (tertiary/aromatic N) is 3. The van der Waals surface area contributed by atoms with E-state index in [0.717, 1.165) is 22.3 Å². The van der Waals surface area contributed by atoms with E-state index in [9.17, 15) is 0 Å². The van der Waals surface area contributed by atoms with E-state index in [0.29, 0.717) is 42.5 Å². The molecule has 0 aliphatic carbocycles. The average Bonchev–Trinajstić information content (AvgIpc) is 2.71. The zero-order valence-electron chi connectivity index (χ0n) is 16.5. The summed E-state index contributed by atoms with van der Waals surface area (Å²) >= 11 is 0. The Balaban J connectivity index is 2.09. The first-order valence-electron chi connectivity index (χ1n) is 9.35. The van der Waals surface area contributed by atoms with Crippen LogP contribution < -0.4 is 20.9 Å². The van der Waals surface area contributed by atoms with Crippen molar-refractivity contribution in [2.24, 2.45) is 0 Å². The highest BCUT2D eigenvalue weighted by molar-refractivity contribution is 5.78. The third-order valence-corrected chi connectivity index (χ3v) is 4.34. The van der Waals surface area contributed by atoms with Crippen molar-refractivity contribution in [2.45, 2.75) is 20.3 Å². The van der Waals surface area contributed by atoms with Crippen molar-refractivity contribution in [1.29, 1.82) is 5.26 Å². The first-order chi connectivity index (χ1) is 14.0. The van der Waals surface area contributed by atoms with Gasteiger partial charge in [-0.15, -0.1) is 0 Å². The van der Waals surface area contributed by atoms with Crippen LogP contribution in [0, 0.1) is 11.3 Å². The normalized spacial score (nSPS) is 10.4. The average molecular weight is 389 g/mol. The largest absolute Gasteiger partial charge is 0.493 e. The molecule has 0 saturated carbocycles. The second-order valence-corrected chi connectivity index (χ2v) is 6.34. The summed E-state index contributed by atoms with van der Waals surface area (Å²) in [4.78, 5) is 8.06. The van der Waals surface area contributed by atoms with E-state index in [-0.39, 0.29) is 5.95 Å². The summed E-state index contributed by atoms with van der Waals surface area (Å²) in [6, 6.07) is 13.4. The van der Waals surface area contributed by atoms with Crippen LogP contribution in [0.15, 0.2) is 42.6 Å². The number of ether oxygens (including phenoxy) is 2. The molecule has 0 atom stereocenters. The second kappa shape index (κ2) is 8.93.